The molecule has 0 saturated carbocycles. The van der Waals surface area contributed by atoms with Crippen LogP contribution >= 0.6 is 23.4 Å². The summed E-state index contributed by atoms with van der Waals surface area (Å²) < 4.78 is 24.8. The molecule has 0 N–H and O–H groups in total. The van der Waals surface area contributed by atoms with E-state index < -0.39 is 6.29 Å². The highest BCUT2D eigenvalue weighted by Crippen LogP contribution is 2.25. The molecule has 0 radical (unpaired) electrons. The second-order valence-corrected chi connectivity index (χ2v) is 5.42. The lowest BCUT2D eigenvalue weighted by molar-refractivity contribution is -0.113. The lowest BCUT2D eigenvalue weighted by atomic mass is 10.2. The van der Waals surface area contributed by atoms with Crippen molar-refractivity contribution in [3.8, 4) is 0 Å². The fourth-order valence-electron chi connectivity index (χ4n) is 1.58. The smallest absolute Gasteiger partial charge is 0.209 e. The van der Waals surface area contributed by atoms with Gasteiger partial charge in [-0.25, -0.2) is 9.07 Å². The lowest BCUT2D eigenvalue weighted by Gasteiger charge is -2.13. The van der Waals surface area contributed by atoms with Crippen molar-refractivity contribution in [2.45, 2.75) is 23.7 Å². The molecule has 1 heterocycles. The molecule has 9 heteroatoms. The minimum Gasteiger partial charge on any atom is -0.354 e. The lowest BCUT2D eigenvalue weighted by Crippen LogP contribution is -2.21. The highest BCUT2D eigenvalue weighted by Gasteiger charge is 2.13. The van der Waals surface area contributed by atoms with Crippen molar-refractivity contribution in [2.75, 3.05) is 14.2 Å². The molecule has 0 aliphatic heterocycles. The highest BCUT2D eigenvalue weighted by molar-refractivity contribution is 7.98. The minimum absolute atomic E-state index is 0.360. The Morgan fingerprint density at radius 1 is 1.38 bits per heavy atom. The summed E-state index contributed by atoms with van der Waals surface area (Å²) in [5, 5.41) is 12.4. The number of tetrazole rings is 1. The largest absolute Gasteiger partial charge is 0.354 e. The normalized spacial score (nSPS) is 11.3. The first-order valence-electron chi connectivity index (χ1n) is 6.02. The molecule has 0 aliphatic carbocycles. The third-order valence-corrected chi connectivity index (χ3v) is 4.08. The number of nitrogens with zero attached hydrogens (tertiary/aromatic N) is 4. The molecule has 0 aliphatic rings. The van der Waals surface area contributed by atoms with Crippen LogP contribution in [-0.4, -0.2) is 40.7 Å². The SMILES string of the molecule is COC(Cn1nnnc1SCc1ccc(F)cc1Cl)OC. The number of hydrogen-bond donors (Lipinski definition) is 0. The number of halogens is 2. The Hall–Kier alpha value is -1.22. The van der Waals surface area contributed by atoms with Gasteiger partial charge in [0.25, 0.3) is 0 Å². The first-order chi connectivity index (χ1) is 10.1. The summed E-state index contributed by atoms with van der Waals surface area (Å²) in [5.74, 6) is 0.172. The van der Waals surface area contributed by atoms with E-state index in [4.69, 9.17) is 21.1 Å². The molecule has 0 atom stereocenters. The van der Waals surface area contributed by atoms with E-state index in [1.165, 1.54) is 23.9 Å². The Balaban J connectivity index is 2.02. The third-order valence-electron chi connectivity index (χ3n) is 2.72. The summed E-state index contributed by atoms with van der Waals surface area (Å²) >= 11 is 7.39. The van der Waals surface area contributed by atoms with Crippen LogP contribution in [0.3, 0.4) is 0 Å². The van der Waals surface area contributed by atoms with E-state index in [2.05, 4.69) is 15.5 Å². The molecule has 114 valence electrons. The molecule has 1 aromatic carbocycles. The van der Waals surface area contributed by atoms with Gasteiger partial charge in [-0.2, -0.15) is 0 Å². The van der Waals surface area contributed by atoms with E-state index in [0.29, 0.717) is 22.5 Å². The Bertz CT molecular complexity index is 594. The molecule has 0 fully saturated rings. The van der Waals surface area contributed by atoms with Crippen molar-refractivity contribution in [3.63, 3.8) is 0 Å². The predicted molar refractivity (Wildman–Crippen MR) is 76.6 cm³/mol. The molecule has 2 aromatic rings. The average molecular weight is 333 g/mol. The topological polar surface area (TPSA) is 62.1 Å². The Kier molecular flexibility index (Phi) is 5.92. The van der Waals surface area contributed by atoms with Crippen LogP contribution in [-0.2, 0) is 21.8 Å². The zero-order valence-electron chi connectivity index (χ0n) is 11.5. The number of thioether (sulfide) groups is 1. The van der Waals surface area contributed by atoms with Crippen molar-refractivity contribution in [2.24, 2.45) is 0 Å². The molecule has 0 unspecified atom stereocenters. The van der Waals surface area contributed by atoms with Gasteiger partial charge in [-0.3, -0.25) is 0 Å². The monoisotopic (exact) mass is 332 g/mol. The zero-order valence-corrected chi connectivity index (χ0v) is 13.1. The number of ether oxygens (including phenoxy) is 2. The second-order valence-electron chi connectivity index (χ2n) is 4.07. The van der Waals surface area contributed by atoms with Crippen LogP contribution in [0.25, 0.3) is 0 Å². The van der Waals surface area contributed by atoms with E-state index in [1.807, 2.05) is 0 Å². The summed E-state index contributed by atoms with van der Waals surface area (Å²) in [6.07, 6.45) is -0.428. The van der Waals surface area contributed by atoms with Crippen LogP contribution in [0, 0.1) is 5.82 Å². The van der Waals surface area contributed by atoms with Crippen LogP contribution in [0.1, 0.15) is 5.56 Å². The van der Waals surface area contributed by atoms with Crippen LogP contribution in [0.15, 0.2) is 23.4 Å². The van der Waals surface area contributed by atoms with Gasteiger partial charge in [0.2, 0.25) is 5.16 Å². The summed E-state index contributed by atoms with van der Waals surface area (Å²) in [6, 6.07) is 4.30. The molecule has 1 aromatic heterocycles. The van der Waals surface area contributed by atoms with Crippen molar-refractivity contribution >= 4 is 23.4 Å². The molecule has 21 heavy (non-hydrogen) atoms. The van der Waals surface area contributed by atoms with Gasteiger partial charge >= 0.3 is 0 Å². The Morgan fingerprint density at radius 3 is 2.81 bits per heavy atom. The number of aromatic nitrogens is 4. The van der Waals surface area contributed by atoms with Gasteiger partial charge in [-0.15, -0.1) is 5.10 Å². The van der Waals surface area contributed by atoms with Crippen molar-refractivity contribution < 1.29 is 13.9 Å². The maximum absolute atomic E-state index is 13.0. The second kappa shape index (κ2) is 7.69. The Morgan fingerprint density at radius 2 is 2.14 bits per heavy atom. The van der Waals surface area contributed by atoms with Gasteiger partial charge in [0.05, 0.1) is 6.54 Å². The molecule has 0 bridgehead atoms. The van der Waals surface area contributed by atoms with Crippen molar-refractivity contribution in [1.82, 2.24) is 20.2 Å². The maximum Gasteiger partial charge on any atom is 0.209 e. The van der Waals surface area contributed by atoms with Gasteiger partial charge in [-0.05, 0) is 28.1 Å². The highest BCUT2D eigenvalue weighted by atomic mass is 35.5. The number of methoxy groups -OCH3 is 2. The fraction of sp³-hybridized carbons (Fsp3) is 0.417. The van der Waals surface area contributed by atoms with E-state index in [1.54, 1.807) is 25.0 Å². The number of rotatable bonds is 7. The van der Waals surface area contributed by atoms with Crippen molar-refractivity contribution in [1.29, 1.82) is 0 Å². The molecule has 0 spiro atoms. The molecule has 0 amide bonds. The first-order valence-corrected chi connectivity index (χ1v) is 7.39. The number of benzene rings is 1. The van der Waals surface area contributed by atoms with Gasteiger partial charge in [0.15, 0.2) is 6.29 Å². The number of hydrogen-bond acceptors (Lipinski definition) is 6. The van der Waals surface area contributed by atoms with Crippen LogP contribution in [0.4, 0.5) is 4.39 Å². The van der Waals surface area contributed by atoms with Gasteiger partial charge in [0, 0.05) is 25.0 Å². The van der Waals surface area contributed by atoms with Gasteiger partial charge in [0.1, 0.15) is 5.82 Å². The summed E-state index contributed by atoms with van der Waals surface area (Å²) in [4.78, 5) is 0. The molecular formula is C12H14ClFN4O2S. The third kappa shape index (κ3) is 4.37. The quantitative estimate of drug-likeness (QED) is 0.573. The van der Waals surface area contributed by atoms with E-state index >= 15 is 0 Å². The predicted octanol–water partition coefficient (Wildman–Crippen LogP) is 2.38. The van der Waals surface area contributed by atoms with Crippen LogP contribution in [0.2, 0.25) is 5.02 Å². The Labute approximate surface area is 130 Å². The summed E-state index contributed by atoms with van der Waals surface area (Å²) in [6.45, 7) is 0.374. The summed E-state index contributed by atoms with van der Waals surface area (Å²) in [5.41, 5.74) is 0.813. The van der Waals surface area contributed by atoms with Crippen LogP contribution < -0.4 is 0 Å². The van der Waals surface area contributed by atoms with Crippen molar-refractivity contribution in [3.05, 3.63) is 34.6 Å². The first kappa shape index (κ1) is 16.2. The fourth-order valence-corrected chi connectivity index (χ4v) is 2.79. The van der Waals surface area contributed by atoms with E-state index in [9.17, 15) is 4.39 Å². The molecule has 6 nitrogen and oxygen atoms in total. The van der Waals surface area contributed by atoms with Crippen LogP contribution in [0.5, 0.6) is 0 Å². The van der Waals surface area contributed by atoms with E-state index in [0.717, 1.165) is 5.56 Å². The van der Waals surface area contributed by atoms with E-state index in [-0.39, 0.29) is 5.82 Å². The maximum atomic E-state index is 13.0. The minimum atomic E-state index is -0.428. The zero-order chi connectivity index (χ0) is 15.2. The van der Waals surface area contributed by atoms with Gasteiger partial charge < -0.3 is 9.47 Å². The average Bonchev–Trinajstić information content (AvgIpc) is 2.91. The molecular weight excluding hydrogens is 319 g/mol. The molecule has 2 rings (SSSR count). The summed E-state index contributed by atoms with van der Waals surface area (Å²) in [7, 11) is 3.09. The molecule has 0 saturated heterocycles. The standard InChI is InChI=1S/C12H14ClFN4O2S/c1-19-11(20-2)6-18-12(15-16-17-18)21-7-8-3-4-9(14)5-10(8)13/h3-5,11H,6-7H2,1-2H3. The van der Waals surface area contributed by atoms with Gasteiger partial charge in [-0.1, -0.05) is 29.4 Å².